The highest BCUT2D eigenvalue weighted by molar-refractivity contribution is 6.13. The number of nitrogens with one attached hydrogen (secondary N) is 1. The maximum absolute atomic E-state index is 12.4. The average molecular weight is 253 g/mol. The number of para-hydroxylation sites is 1. The SMILES string of the molecule is CC(=O)Nc1ccccc1C(=O)c1cccc(C)c1. The van der Waals surface area contributed by atoms with Gasteiger partial charge < -0.3 is 5.32 Å². The van der Waals surface area contributed by atoms with E-state index in [0.717, 1.165) is 5.56 Å². The van der Waals surface area contributed by atoms with Crippen molar-refractivity contribution in [1.82, 2.24) is 0 Å². The number of amides is 1. The molecule has 0 fully saturated rings. The lowest BCUT2D eigenvalue weighted by Crippen LogP contribution is -2.11. The molecule has 3 nitrogen and oxygen atoms in total. The second-order valence-corrected chi connectivity index (χ2v) is 4.43. The number of carbonyl (C=O) groups excluding carboxylic acids is 2. The normalized spacial score (nSPS) is 10.0. The molecular formula is C16H15NO2. The van der Waals surface area contributed by atoms with E-state index in [-0.39, 0.29) is 11.7 Å². The minimum absolute atomic E-state index is 0.0898. The van der Waals surface area contributed by atoms with Gasteiger partial charge >= 0.3 is 0 Å². The lowest BCUT2D eigenvalue weighted by Gasteiger charge is -2.09. The van der Waals surface area contributed by atoms with Gasteiger partial charge in [0.05, 0.1) is 5.69 Å². The molecule has 0 atom stereocenters. The molecule has 0 aliphatic rings. The highest BCUT2D eigenvalue weighted by Crippen LogP contribution is 2.19. The topological polar surface area (TPSA) is 46.2 Å². The van der Waals surface area contributed by atoms with E-state index in [1.807, 2.05) is 25.1 Å². The van der Waals surface area contributed by atoms with Crippen LogP contribution in [0.1, 0.15) is 28.4 Å². The van der Waals surface area contributed by atoms with Crippen LogP contribution >= 0.6 is 0 Å². The Hall–Kier alpha value is -2.42. The lowest BCUT2D eigenvalue weighted by molar-refractivity contribution is -0.114. The first-order chi connectivity index (χ1) is 9.08. The zero-order valence-corrected chi connectivity index (χ0v) is 10.9. The Kier molecular flexibility index (Phi) is 3.76. The van der Waals surface area contributed by atoms with Gasteiger partial charge in [-0.25, -0.2) is 0 Å². The molecule has 1 amide bonds. The van der Waals surface area contributed by atoms with Crippen LogP contribution in [0.25, 0.3) is 0 Å². The fourth-order valence-corrected chi connectivity index (χ4v) is 1.92. The second-order valence-electron chi connectivity index (χ2n) is 4.43. The third kappa shape index (κ3) is 3.07. The Labute approximate surface area is 112 Å². The monoisotopic (exact) mass is 253 g/mol. The number of rotatable bonds is 3. The van der Waals surface area contributed by atoms with Crippen LogP contribution in [0.15, 0.2) is 48.5 Å². The average Bonchev–Trinajstić information content (AvgIpc) is 2.38. The van der Waals surface area contributed by atoms with Crippen molar-refractivity contribution in [3.63, 3.8) is 0 Å². The third-order valence-electron chi connectivity index (χ3n) is 2.76. The van der Waals surface area contributed by atoms with Crippen LogP contribution in [-0.4, -0.2) is 11.7 Å². The van der Waals surface area contributed by atoms with E-state index in [1.165, 1.54) is 6.92 Å². The smallest absolute Gasteiger partial charge is 0.221 e. The van der Waals surface area contributed by atoms with Crippen LogP contribution in [0.2, 0.25) is 0 Å². The Morgan fingerprint density at radius 2 is 1.74 bits per heavy atom. The summed E-state index contributed by atoms with van der Waals surface area (Å²) in [5.74, 6) is -0.280. The van der Waals surface area contributed by atoms with E-state index in [0.29, 0.717) is 16.8 Å². The summed E-state index contributed by atoms with van der Waals surface area (Å²) in [5, 5.41) is 2.68. The number of benzene rings is 2. The molecule has 2 aromatic rings. The van der Waals surface area contributed by atoms with Gasteiger partial charge in [0.25, 0.3) is 0 Å². The third-order valence-corrected chi connectivity index (χ3v) is 2.76. The number of carbonyl (C=O) groups is 2. The lowest BCUT2D eigenvalue weighted by atomic mass is 10.0. The minimum Gasteiger partial charge on any atom is -0.326 e. The molecule has 19 heavy (non-hydrogen) atoms. The summed E-state index contributed by atoms with van der Waals surface area (Å²) >= 11 is 0. The molecule has 0 saturated carbocycles. The van der Waals surface area contributed by atoms with Gasteiger partial charge in [-0.3, -0.25) is 9.59 Å². The van der Waals surface area contributed by atoms with E-state index in [4.69, 9.17) is 0 Å². The molecule has 0 aliphatic heterocycles. The second kappa shape index (κ2) is 5.48. The number of ketones is 1. The molecule has 0 radical (unpaired) electrons. The Morgan fingerprint density at radius 1 is 1.00 bits per heavy atom. The van der Waals surface area contributed by atoms with Gasteiger partial charge in [0.1, 0.15) is 0 Å². The summed E-state index contributed by atoms with van der Waals surface area (Å²) in [5.41, 5.74) is 2.70. The standard InChI is InChI=1S/C16H15NO2/c1-11-6-5-7-13(10-11)16(19)14-8-3-4-9-15(14)17-12(2)18/h3-10H,1-2H3,(H,17,18). The van der Waals surface area contributed by atoms with Crippen LogP contribution in [0.5, 0.6) is 0 Å². The molecule has 2 aromatic carbocycles. The quantitative estimate of drug-likeness (QED) is 0.854. The van der Waals surface area contributed by atoms with Gasteiger partial charge in [0.15, 0.2) is 5.78 Å². The first-order valence-electron chi connectivity index (χ1n) is 6.06. The van der Waals surface area contributed by atoms with Gasteiger partial charge in [-0.1, -0.05) is 35.9 Å². The van der Waals surface area contributed by atoms with Crippen molar-refractivity contribution in [2.75, 3.05) is 5.32 Å². The molecule has 0 aliphatic carbocycles. The van der Waals surface area contributed by atoms with E-state index in [1.54, 1.807) is 30.3 Å². The van der Waals surface area contributed by atoms with E-state index in [9.17, 15) is 9.59 Å². The predicted octanol–water partition coefficient (Wildman–Crippen LogP) is 3.18. The summed E-state index contributed by atoms with van der Waals surface area (Å²) in [4.78, 5) is 23.6. The molecule has 0 saturated heterocycles. The van der Waals surface area contributed by atoms with Crippen molar-refractivity contribution in [2.24, 2.45) is 0 Å². The molecule has 0 unspecified atom stereocenters. The summed E-state index contributed by atoms with van der Waals surface area (Å²) < 4.78 is 0. The zero-order chi connectivity index (χ0) is 13.8. The summed E-state index contributed by atoms with van der Waals surface area (Å²) in [6.45, 7) is 3.37. The van der Waals surface area contributed by atoms with Crippen LogP contribution < -0.4 is 5.32 Å². The summed E-state index contributed by atoms with van der Waals surface area (Å²) in [6.07, 6.45) is 0. The van der Waals surface area contributed by atoms with E-state index >= 15 is 0 Å². The Morgan fingerprint density at radius 3 is 2.42 bits per heavy atom. The van der Waals surface area contributed by atoms with Crippen molar-refractivity contribution < 1.29 is 9.59 Å². The first-order valence-corrected chi connectivity index (χ1v) is 6.06. The number of hydrogen-bond acceptors (Lipinski definition) is 2. The van der Waals surface area contributed by atoms with Crippen molar-refractivity contribution in [3.8, 4) is 0 Å². The molecule has 1 N–H and O–H groups in total. The molecular weight excluding hydrogens is 238 g/mol. The van der Waals surface area contributed by atoms with Gasteiger partial charge in [-0.15, -0.1) is 0 Å². The van der Waals surface area contributed by atoms with Crippen molar-refractivity contribution in [1.29, 1.82) is 0 Å². The summed E-state index contributed by atoms with van der Waals surface area (Å²) in [6, 6.07) is 14.4. The van der Waals surface area contributed by atoms with Crippen molar-refractivity contribution in [2.45, 2.75) is 13.8 Å². The number of anilines is 1. The molecule has 0 aromatic heterocycles. The van der Waals surface area contributed by atoms with Crippen molar-refractivity contribution >= 4 is 17.4 Å². The molecule has 2 rings (SSSR count). The van der Waals surface area contributed by atoms with Gasteiger partial charge in [0.2, 0.25) is 5.91 Å². The maximum Gasteiger partial charge on any atom is 0.221 e. The van der Waals surface area contributed by atoms with Gasteiger partial charge in [0, 0.05) is 18.1 Å². The maximum atomic E-state index is 12.4. The number of aryl methyl sites for hydroxylation is 1. The van der Waals surface area contributed by atoms with Crippen LogP contribution in [0, 0.1) is 6.92 Å². The fourth-order valence-electron chi connectivity index (χ4n) is 1.92. The summed E-state index contributed by atoms with van der Waals surface area (Å²) in [7, 11) is 0. The molecule has 0 bridgehead atoms. The molecule has 0 spiro atoms. The zero-order valence-electron chi connectivity index (χ0n) is 10.9. The van der Waals surface area contributed by atoms with E-state index < -0.39 is 0 Å². The molecule has 3 heteroatoms. The van der Waals surface area contributed by atoms with Crippen LogP contribution in [0.3, 0.4) is 0 Å². The molecule has 96 valence electrons. The highest BCUT2D eigenvalue weighted by atomic mass is 16.1. The van der Waals surface area contributed by atoms with Gasteiger partial charge in [-0.05, 0) is 25.1 Å². The highest BCUT2D eigenvalue weighted by Gasteiger charge is 2.13. The fraction of sp³-hybridized carbons (Fsp3) is 0.125. The predicted molar refractivity (Wildman–Crippen MR) is 75.4 cm³/mol. The van der Waals surface area contributed by atoms with Crippen molar-refractivity contribution in [3.05, 3.63) is 65.2 Å². The Bertz CT molecular complexity index is 632. The molecule has 0 heterocycles. The first kappa shape index (κ1) is 13.0. The number of hydrogen-bond donors (Lipinski definition) is 1. The minimum atomic E-state index is -0.190. The van der Waals surface area contributed by atoms with Gasteiger partial charge in [-0.2, -0.15) is 0 Å². The Balaban J connectivity index is 2.41. The van der Waals surface area contributed by atoms with E-state index in [2.05, 4.69) is 5.32 Å². The largest absolute Gasteiger partial charge is 0.326 e. The van der Waals surface area contributed by atoms with Crippen LogP contribution in [0.4, 0.5) is 5.69 Å². The van der Waals surface area contributed by atoms with Crippen LogP contribution in [-0.2, 0) is 4.79 Å².